The average molecular weight is 454 g/mol. The molecule has 3 nitrogen and oxygen atoms in total. The van der Waals surface area contributed by atoms with Gasteiger partial charge in [-0.1, -0.05) is 51.7 Å². The fraction of sp³-hybridized carbons (Fsp3) is 0.800. The molecule has 2 unspecified atom stereocenters. The van der Waals surface area contributed by atoms with E-state index >= 15 is 0 Å². The lowest BCUT2D eigenvalue weighted by Gasteiger charge is -2.28. The van der Waals surface area contributed by atoms with Gasteiger partial charge in [0.15, 0.2) is 0 Å². The number of aliphatic hydroxyl groups is 1. The molecule has 0 fully saturated rings. The molecule has 0 radical (unpaired) electrons. The average Bonchev–Trinajstić information content (AvgIpc) is 2.50. The molecule has 1 aliphatic carbocycles. The maximum absolute atomic E-state index is 9.68. The highest BCUT2D eigenvalue weighted by Crippen LogP contribution is 2.35. The SMILES string of the molecule is CC(C)(C)OO.CCCCC(C1=CC(C)=C(O)CC1)C(C)CC.I. The summed E-state index contributed by atoms with van der Waals surface area (Å²) in [6.07, 6.45) is 9.30. The van der Waals surface area contributed by atoms with Gasteiger partial charge in [-0.2, -0.15) is 0 Å². The molecule has 4 heteroatoms. The van der Waals surface area contributed by atoms with Gasteiger partial charge in [0, 0.05) is 6.42 Å². The Bertz CT molecular complexity index is 394. The van der Waals surface area contributed by atoms with Crippen LogP contribution in [0.4, 0.5) is 0 Å². The van der Waals surface area contributed by atoms with Crippen LogP contribution in [-0.2, 0) is 4.89 Å². The Morgan fingerprint density at radius 2 is 1.75 bits per heavy atom. The maximum Gasteiger partial charge on any atom is 0.0954 e. The van der Waals surface area contributed by atoms with E-state index in [1.165, 1.54) is 25.7 Å². The van der Waals surface area contributed by atoms with Crippen molar-refractivity contribution in [1.82, 2.24) is 0 Å². The topological polar surface area (TPSA) is 49.7 Å². The summed E-state index contributed by atoms with van der Waals surface area (Å²) >= 11 is 0. The zero-order chi connectivity index (χ0) is 18.0. The third-order valence-corrected chi connectivity index (χ3v) is 4.46. The molecule has 0 bridgehead atoms. The third kappa shape index (κ3) is 10.7. The Morgan fingerprint density at radius 1 is 1.21 bits per heavy atom. The van der Waals surface area contributed by atoms with Crippen molar-refractivity contribution in [1.29, 1.82) is 0 Å². The molecule has 2 atom stereocenters. The molecule has 1 rings (SSSR count). The van der Waals surface area contributed by atoms with Crippen molar-refractivity contribution in [3.63, 3.8) is 0 Å². The summed E-state index contributed by atoms with van der Waals surface area (Å²) in [5, 5.41) is 17.6. The fourth-order valence-corrected chi connectivity index (χ4v) is 2.73. The van der Waals surface area contributed by atoms with Crippen molar-refractivity contribution < 1.29 is 15.3 Å². The van der Waals surface area contributed by atoms with Gasteiger partial charge in [0.05, 0.1) is 11.4 Å². The Labute approximate surface area is 166 Å². The smallest absolute Gasteiger partial charge is 0.0954 e. The summed E-state index contributed by atoms with van der Waals surface area (Å²) < 4.78 is 0. The van der Waals surface area contributed by atoms with E-state index in [9.17, 15) is 5.11 Å². The Kier molecular flexibility index (Phi) is 14.4. The van der Waals surface area contributed by atoms with E-state index in [-0.39, 0.29) is 24.0 Å². The molecule has 1 aliphatic rings. The number of unbranched alkanes of at least 4 members (excludes halogenated alkanes) is 1. The van der Waals surface area contributed by atoms with Gasteiger partial charge in [-0.25, -0.2) is 4.89 Å². The summed E-state index contributed by atoms with van der Waals surface area (Å²) in [5.41, 5.74) is 2.25. The van der Waals surface area contributed by atoms with E-state index in [0.29, 0.717) is 5.76 Å². The molecule has 0 saturated carbocycles. The molecular formula is C20H39IO3. The van der Waals surface area contributed by atoms with Crippen LogP contribution >= 0.6 is 24.0 Å². The lowest BCUT2D eigenvalue weighted by Crippen LogP contribution is -2.16. The first kappa shape index (κ1) is 26.2. The Morgan fingerprint density at radius 3 is 2.12 bits per heavy atom. The van der Waals surface area contributed by atoms with E-state index in [0.717, 1.165) is 30.3 Å². The van der Waals surface area contributed by atoms with Crippen LogP contribution in [0.1, 0.15) is 87.0 Å². The summed E-state index contributed by atoms with van der Waals surface area (Å²) in [7, 11) is 0. The van der Waals surface area contributed by atoms with Crippen LogP contribution in [0.15, 0.2) is 23.0 Å². The molecule has 24 heavy (non-hydrogen) atoms. The quantitative estimate of drug-likeness (QED) is 0.252. The highest BCUT2D eigenvalue weighted by Gasteiger charge is 2.22. The number of hydrogen-bond acceptors (Lipinski definition) is 3. The lowest BCUT2D eigenvalue weighted by molar-refractivity contribution is -0.306. The molecule has 0 aliphatic heterocycles. The standard InChI is InChI=1S/C16H28O.C4H10O2.HI/c1-5-7-8-15(12(3)6-2)14-9-10-16(17)13(4)11-14;1-4(2,3)6-5;/h11-12,15,17H,5-10H2,1-4H3;5H,1-3H3;1H. The van der Waals surface area contributed by atoms with E-state index in [1.54, 1.807) is 26.3 Å². The zero-order valence-corrected chi connectivity index (χ0v) is 19.0. The van der Waals surface area contributed by atoms with Crippen LogP contribution in [0.25, 0.3) is 0 Å². The number of halogens is 1. The lowest BCUT2D eigenvalue weighted by atomic mass is 9.78. The van der Waals surface area contributed by atoms with Crippen LogP contribution in [0.2, 0.25) is 0 Å². The van der Waals surface area contributed by atoms with E-state index in [4.69, 9.17) is 5.26 Å². The Hall–Kier alpha value is -0.0700. The number of rotatable bonds is 6. The molecular weight excluding hydrogens is 415 g/mol. The summed E-state index contributed by atoms with van der Waals surface area (Å²) in [4.78, 5) is 3.94. The Balaban J connectivity index is 0. The van der Waals surface area contributed by atoms with Crippen molar-refractivity contribution in [2.24, 2.45) is 11.8 Å². The van der Waals surface area contributed by atoms with Crippen molar-refractivity contribution in [3.05, 3.63) is 23.0 Å². The molecule has 0 saturated heterocycles. The second-order valence-corrected chi connectivity index (χ2v) is 7.69. The second-order valence-electron chi connectivity index (χ2n) is 7.69. The van der Waals surface area contributed by atoms with Gasteiger partial charge in [-0.15, -0.1) is 24.0 Å². The summed E-state index contributed by atoms with van der Waals surface area (Å²) in [6, 6.07) is 0. The summed E-state index contributed by atoms with van der Waals surface area (Å²) in [5.74, 6) is 2.08. The normalized spacial score (nSPS) is 17.2. The van der Waals surface area contributed by atoms with Crippen LogP contribution in [0.3, 0.4) is 0 Å². The van der Waals surface area contributed by atoms with Gasteiger partial charge in [0.2, 0.25) is 0 Å². The van der Waals surface area contributed by atoms with Gasteiger partial charge in [-0.3, -0.25) is 5.26 Å². The van der Waals surface area contributed by atoms with Crippen LogP contribution in [0.5, 0.6) is 0 Å². The number of hydrogen-bond donors (Lipinski definition) is 2. The maximum atomic E-state index is 9.68. The molecule has 0 heterocycles. The van der Waals surface area contributed by atoms with Crippen molar-refractivity contribution in [2.45, 2.75) is 92.6 Å². The highest BCUT2D eigenvalue weighted by atomic mass is 127. The monoisotopic (exact) mass is 454 g/mol. The van der Waals surface area contributed by atoms with Gasteiger partial charge in [0.1, 0.15) is 0 Å². The predicted molar refractivity (Wildman–Crippen MR) is 114 cm³/mol. The minimum Gasteiger partial charge on any atom is -0.512 e. The van der Waals surface area contributed by atoms with Crippen LogP contribution in [0, 0.1) is 11.8 Å². The number of aliphatic hydroxyl groups excluding tert-OH is 1. The van der Waals surface area contributed by atoms with E-state index in [2.05, 4.69) is 31.7 Å². The molecule has 0 aromatic rings. The molecule has 0 spiro atoms. The first-order valence-corrected chi connectivity index (χ1v) is 9.07. The van der Waals surface area contributed by atoms with Gasteiger partial charge < -0.3 is 5.11 Å². The van der Waals surface area contributed by atoms with E-state index in [1.807, 2.05) is 6.92 Å². The predicted octanol–water partition coefficient (Wildman–Crippen LogP) is 7.28. The largest absolute Gasteiger partial charge is 0.512 e. The van der Waals surface area contributed by atoms with Crippen molar-refractivity contribution in [2.75, 3.05) is 0 Å². The van der Waals surface area contributed by atoms with Crippen LogP contribution < -0.4 is 0 Å². The van der Waals surface area contributed by atoms with Crippen LogP contribution in [-0.4, -0.2) is 16.0 Å². The van der Waals surface area contributed by atoms with Gasteiger partial charge in [0.25, 0.3) is 0 Å². The fourth-order valence-electron chi connectivity index (χ4n) is 2.73. The minimum absolute atomic E-state index is 0. The van der Waals surface area contributed by atoms with Crippen molar-refractivity contribution >= 4 is 24.0 Å². The molecule has 2 N–H and O–H groups in total. The van der Waals surface area contributed by atoms with Gasteiger partial charge in [-0.05, 0) is 57.9 Å². The second kappa shape index (κ2) is 13.2. The highest BCUT2D eigenvalue weighted by molar-refractivity contribution is 14.0. The minimum atomic E-state index is -0.403. The zero-order valence-electron chi connectivity index (χ0n) is 16.7. The number of allylic oxidation sites excluding steroid dienone is 4. The third-order valence-electron chi connectivity index (χ3n) is 4.46. The molecule has 0 amide bonds. The molecule has 144 valence electrons. The molecule has 0 aromatic heterocycles. The molecule has 0 aromatic carbocycles. The van der Waals surface area contributed by atoms with Crippen molar-refractivity contribution in [3.8, 4) is 0 Å². The first-order chi connectivity index (χ1) is 10.7. The van der Waals surface area contributed by atoms with E-state index < -0.39 is 5.60 Å². The first-order valence-electron chi connectivity index (χ1n) is 9.07. The van der Waals surface area contributed by atoms with Gasteiger partial charge >= 0.3 is 0 Å². The summed E-state index contributed by atoms with van der Waals surface area (Å²) in [6.45, 7) is 14.3.